The SMILES string of the molecule is O=C(Nc1ccc(S(=O)(=O)Cl)cc1)c1ccc(I)c(Cl)c1. The summed E-state index contributed by atoms with van der Waals surface area (Å²) in [5.74, 6) is -0.338. The van der Waals surface area contributed by atoms with Gasteiger partial charge in [-0.2, -0.15) is 0 Å². The maximum Gasteiger partial charge on any atom is 0.261 e. The van der Waals surface area contributed by atoms with E-state index in [1.807, 2.05) is 0 Å². The van der Waals surface area contributed by atoms with Gasteiger partial charge in [0.15, 0.2) is 0 Å². The van der Waals surface area contributed by atoms with Gasteiger partial charge >= 0.3 is 0 Å². The van der Waals surface area contributed by atoms with Gasteiger partial charge in [-0.1, -0.05) is 11.6 Å². The Morgan fingerprint density at radius 1 is 1.10 bits per heavy atom. The number of benzene rings is 2. The standard InChI is InChI=1S/C13H8Cl2INO3S/c14-11-7-8(1-6-12(11)16)13(18)17-9-2-4-10(5-3-9)21(15,19)20/h1-7H,(H,17,18). The zero-order valence-corrected chi connectivity index (χ0v) is 14.8. The van der Waals surface area contributed by atoms with E-state index in [0.29, 0.717) is 16.3 Å². The van der Waals surface area contributed by atoms with E-state index in [4.69, 9.17) is 22.3 Å². The molecule has 2 aromatic carbocycles. The molecule has 0 aliphatic rings. The summed E-state index contributed by atoms with van der Waals surface area (Å²) in [5.41, 5.74) is 0.869. The van der Waals surface area contributed by atoms with Crippen LogP contribution in [0.1, 0.15) is 10.4 Å². The van der Waals surface area contributed by atoms with Gasteiger partial charge in [0.25, 0.3) is 15.0 Å². The Kier molecular flexibility index (Phi) is 5.13. The number of anilines is 1. The van der Waals surface area contributed by atoms with Crippen LogP contribution < -0.4 is 5.32 Å². The van der Waals surface area contributed by atoms with Crippen molar-refractivity contribution in [3.05, 3.63) is 56.6 Å². The summed E-state index contributed by atoms with van der Waals surface area (Å²) in [7, 11) is 1.44. The Morgan fingerprint density at radius 3 is 2.24 bits per heavy atom. The first-order chi connectivity index (χ1) is 9.77. The lowest BCUT2D eigenvalue weighted by atomic mass is 10.2. The lowest BCUT2D eigenvalue weighted by Gasteiger charge is -2.06. The minimum absolute atomic E-state index is 0.0283. The van der Waals surface area contributed by atoms with E-state index >= 15 is 0 Å². The Hall–Kier alpha value is -0.830. The van der Waals surface area contributed by atoms with Gasteiger partial charge in [0.2, 0.25) is 0 Å². The molecule has 0 atom stereocenters. The van der Waals surface area contributed by atoms with Crippen molar-refractivity contribution in [2.75, 3.05) is 5.32 Å². The highest BCUT2D eigenvalue weighted by molar-refractivity contribution is 14.1. The summed E-state index contributed by atoms with van der Waals surface area (Å²) in [6.45, 7) is 0. The monoisotopic (exact) mass is 455 g/mol. The Balaban J connectivity index is 2.18. The van der Waals surface area contributed by atoms with E-state index in [-0.39, 0.29) is 10.8 Å². The molecule has 0 saturated heterocycles. The second-order valence-electron chi connectivity index (χ2n) is 4.05. The number of rotatable bonds is 3. The van der Waals surface area contributed by atoms with Gasteiger partial charge in [0.05, 0.1) is 9.92 Å². The number of amides is 1. The van der Waals surface area contributed by atoms with Crippen molar-refractivity contribution in [3.8, 4) is 0 Å². The average Bonchev–Trinajstić information content (AvgIpc) is 2.41. The molecule has 2 rings (SSSR count). The Morgan fingerprint density at radius 2 is 1.71 bits per heavy atom. The highest BCUT2D eigenvalue weighted by Crippen LogP contribution is 2.21. The number of hydrogen-bond donors (Lipinski definition) is 1. The summed E-state index contributed by atoms with van der Waals surface area (Å²) < 4.78 is 23.1. The van der Waals surface area contributed by atoms with Crippen LogP contribution in [0.15, 0.2) is 47.4 Å². The van der Waals surface area contributed by atoms with Gasteiger partial charge in [-0.3, -0.25) is 4.79 Å². The molecule has 0 aromatic heterocycles. The summed E-state index contributed by atoms with van der Waals surface area (Å²) in [5, 5.41) is 3.14. The largest absolute Gasteiger partial charge is 0.322 e. The maximum atomic E-state index is 12.0. The molecule has 8 heteroatoms. The fourth-order valence-corrected chi connectivity index (χ4v) is 2.83. The van der Waals surface area contributed by atoms with E-state index in [1.54, 1.807) is 18.2 Å². The first-order valence-electron chi connectivity index (χ1n) is 5.58. The van der Waals surface area contributed by atoms with E-state index in [1.165, 1.54) is 24.3 Å². The van der Waals surface area contributed by atoms with Crippen molar-refractivity contribution >= 4 is 65.5 Å². The van der Waals surface area contributed by atoms with Gasteiger partial charge in [0.1, 0.15) is 0 Å². The fraction of sp³-hybridized carbons (Fsp3) is 0. The molecule has 0 bridgehead atoms. The van der Waals surface area contributed by atoms with Crippen LogP contribution in [0.4, 0.5) is 5.69 Å². The van der Waals surface area contributed by atoms with Gasteiger partial charge in [-0.15, -0.1) is 0 Å². The summed E-state index contributed by atoms with van der Waals surface area (Å²) in [4.78, 5) is 12.0. The van der Waals surface area contributed by atoms with Crippen LogP contribution in [0.25, 0.3) is 0 Å². The smallest absolute Gasteiger partial charge is 0.261 e. The molecule has 0 radical (unpaired) electrons. The minimum atomic E-state index is -3.77. The second-order valence-corrected chi connectivity index (χ2v) is 8.18. The molecule has 21 heavy (non-hydrogen) atoms. The van der Waals surface area contributed by atoms with Crippen molar-refractivity contribution < 1.29 is 13.2 Å². The molecule has 1 N–H and O–H groups in total. The zero-order valence-electron chi connectivity index (χ0n) is 10.3. The van der Waals surface area contributed by atoms with Crippen LogP contribution in [-0.4, -0.2) is 14.3 Å². The number of halogens is 3. The number of hydrogen-bond acceptors (Lipinski definition) is 3. The van der Waals surface area contributed by atoms with Gasteiger partial charge < -0.3 is 5.32 Å². The van der Waals surface area contributed by atoms with Crippen LogP contribution in [0, 0.1) is 3.57 Å². The highest BCUT2D eigenvalue weighted by atomic mass is 127. The third kappa shape index (κ3) is 4.32. The van der Waals surface area contributed by atoms with Crippen LogP contribution in [0.2, 0.25) is 5.02 Å². The van der Waals surface area contributed by atoms with Crippen LogP contribution in [0.5, 0.6) is 0 Å². The normalized spacial score (nSPS) is 11.2. The molecule has 110 valence electrons. The molecule has 0 aliphatic carbocycles. The highest BCUT2D eigenvalue weighted by Gasteiger charge is 2.11. The Labute approximate surface area is 145 Å². The topological polar surface area (TPSA) is 63.2 Å². The summed E-state index contributed by atoms with van der Waals surface area (Å²) >= 11 is 8.03. The van der Waals surface area contributed by atoms with Crippen molar-refractivity contribution in [2.24, 2.45) is 0 Å². The van der Waals surface area contributed by atoms with E-state index in [2.05, 4.69) is 27.9 Å². The third-order valence-corrected chi connectivity index (χ3v) is 5.52. The Bertz CT molecular complexity index is 792. The molecule has 1 amide bonds. The predicted molar refractivity (Wildman–Crippen MR) is 91.6 cm³/mol. The van der Waals surface area contributed by atoms with E-state index < -0.39 is 9.05 Å². The second kappa shape index (κ2) is 6.51. The van der Waals surface area contributed by atoms with Crippen molar-refractivity contribution in [1.82, 2.24) is 0 Å². The first-order valence-corrected chi connectivity index (χ1v) is 9.35. The average molecular weight is 456 g/mol. The molecular formula is C13H8Cl2INO3S. The molecule has 0 spiro atoms. The maximum absolute atomic E-state index is 12.0. The fourth-order valence-electron chi connectivity index (χ4n) is 1.54. The number of carbonyl (C=O) groups is 1. The number of nitrogens with one attached hydrogen (secondary N) is 1. The molecule has 0 heterocycles. The van der Waals surface area contributed by atoms with Crippen LogP contribution >= 0.6 is 44.9 Å². The van der Waals surface area contributed by atoms with Gasteiger partial charge in [-0.25, -0.2) is 8.42 Å². The third-order valence-electron chi connectivity index (χ3n) is 2.58. The molecule has 0 fully saturated rings. The summed E-state index contributed by atoms with van der Waals surface area (Å²) in [6.07, 6.45) is 0. The quantitative estimate of drug-likeness (QED) is 0.559. The molecule has 4 nitrogen and oxygen atoms in total. The van der Waals surface area contributed by atoms with Gasteiger partial charge in [-0.05, 0) is 65.1 Å². The minimum Gasteiger partial charge on any atom is -0.322 e. The van der Waals surface area contributed by atoms with E-state index in [0.717, 1.165) is 3.57 Å². The lowest BCUT2D eigenvalue weighted by Crippen LogP contribution is -2.12. The van der Waals surface area contributed by atoms with Crippen LogP contribution in [-0.2, 0) is 9.05 Å². The predicted octanol–water partition coefficient (Wildman–Crippen LogP) is 4.12. The van der Waals surface area contributed by atoms with Crippen LogP contribution in [0.3, 0.4) is 0 Å². The molecule has 0 aliphatic heterocycles. The van der Waals surface area contributed by atoms with Crippen molar-refractivity contribution in [3.63, 3.8) is 0 Å². The van der Waals surface area contributed by atoms with E-state index in [9.17, 15) is 13.2 Å². The molecule has 0 unspecified atom stereocenters. The lowest BCUT2D eigenvalue weighted by molar-refractivity contribution is 0.102. The molecule has 0 saturated carbocycles. The summed E-state index contributed by atoms with van der Waals surface area (Å²) in [6, 6.07) is 10.5. The van der Waals surface area contributed by atoms with Crippen molar-refractivity contribution in [1.29, 1.82) is 0 Å². The first kappa shape index (κ1) is 16.5. The molecule has 2 aromatic rings. The molecular weight excluding hydrogens is 448 g/mol. The van der Waals surface area contributed by atoms with Crippen molar-refractivity contribution in [2.45, 2.75) is 4.90 Å². The number of carbonyl (C=O) groups excluding carboxylic acids is 1. The van der Waals surface area contributed by atoms with Gasteiger partial charge in [0, 0.05) is 25.5 Å². The zero-order chi connectivity index (χ0) is 15.6.